The summed E-state index contributed by atoms with van der Waals surface area (Å²) in [7, 11) is 1.65. The minimum Gasteiger partial charge on any atom is -0.339 e. The molecular formula is C20H23N5O3. The van der Waals surface area contributed by atoms with Crippen LogP contribution >= 0.6 is 0 Å². The Hall–Kier alpha value is -3.00. The Morgan fingerprint density at radius 2 is 1.93 bits per heavy atom. The lowest BCUT2D eigenvalue weighted by Crippen LogP contribution is -2.39. The lowest BCUT2D eigenvalue weighted by atomic mass is 10.1. The van der Waals surface area contributed by atoms with Crippen LogP contribution in [0.4, 0.5) is 0 Å². The molecule has 1 unspecified atom stereocenters. The summed E-state index contributed by atoms with van der Waals surface area (Å²) in [5, 5.41) is 7.77. The SMILES string of the molecule is CN(CCN1C(=O)c2ccccc2C1=O)C(=O)c1ccn(C2CCCNC2)n1. The van der Waals surface area contributed by atoms with Crippen molar-refractivity contribution in [3.63, 3.8) is 0 Å². The van der Waals surface area contributed by atoms with Crippen LogP contribution < -0.4 is 5.32 Å². The van der Waals surface area contributed by atoms with Crippen molar-refractivity contribution in [3.8, 4) is 0 Å². The number of hydrogen-bond acceptors (Lipinski definition) is 5. The molecule has 0 bridgehead atoms. The fourth-order valence-corrected chi connectivity index (χ4v) is 3.70. The first-order valence-electron chi connectivity index (χ1n) is 9.53. The zero-order chi connectivity index (χ0) is 19.7. The average molecular weight is 381 g/mol. The lowest BCUT2D eigenvalue weighted by molar-refractivity contribution is 0.0612. The Labute approximate surface area is 163 Å². The molecule has 2 aromatic rings. The first-order chi connectivity index (χ1) is 13.6. The van der Waals surface area contributed by atoms with Crippen molar-refractivity contribution >= 4 is 17.7 Å². The molecule has 0 radical (unpaired) electrons. The van der Waals surface area contributed by atoms with Crippen LogP contribution in [0.15, 0.2) is 36.5 Å². The summed E-state index contributed by atoms with van der Waals surface area (Å²) < 4.78 is 1.84. The predicted octanol–water partition coefficient (Wildman–Crippen LogP) is 1.18. The number of rotatable bonds is 5. The second-order valence-electron chi connectivity index (χ2n) is 7.22. The fourth-order valence-electron chi connectivity index (χ4n) is 3.70. The molecule has 0 aliphatic carbocycles. The highest BCUT2D eigenvalue weighted by atomic mass is 16.2. The molecule has 28 heavy (non-hydrogen) atoms. The van der Waals surface area contributed by atoms with E-state index in [1.807, 2.05) is 10.9 Å². The van der Waals surface area contributed by atoms with Gasteiger partial charge in [-0.2, -0.15) is 5.10 Å². The molecule has 1 aromatic heterocycles. The van der Waals surface area contributed by atoms with Gasteiger partial charge in [0.15, 0.2) is 0 Å². The number of carbonyl (C=O) groups excluding carboxylic acids is 3. The third kappa shape index (κ3) is 3.31. The van der Waals surface area contributed by atoms with Gasteiger partial charge in [-0.15, -0.1) is 0 Å². The number of fused-ring (bicyclic) bond motifs is 1. The number of nitrogens with one attached hydrogen (secondary N) is 1. The summed E-state index contributed by atoms with van der Waals surface area (Å²) in [6.45, 7) is 2.28. The van der Waals surface area contributed by atoms with Crippen LogP contribution in [0.1, 0.15) is 50.1 Å². The van der Waals surface area contributed by atoms with E-state index in [0.29, 0.717) is 16.8 Å². The number of likely N-dealkylation sites (N-methyl/N-ethyl adjacent to an activating group) is 1. The number of aromatic nitrogens is 2. The Morgan fingerprint density at radius 1 is 1.21 bits per heavy atom. The van der Waals surface area contributed by atoms with E-state index >= 15 is 0 Å². The first kappa shape index (κ1) is 18.4. The molecule has 0 spiro atoms. The molecule has 1 fully saturated rings. The molecule has 2 aliphatic rings. The minimum absolute atomic E-state index is 0.155. The Morgan fingerprint density at radius 3 is 2.57 bits per heavy atom. The molecule has 1 N–H and O–H groups in total. The molecule has 8 nitrogen and oxygen atoms in total. The highest BCUT2D eigenvalue weighted by Gasteiger charge is 2.35. The number of benzene rings is 1. The summed E-state index contributed by atoms with van der Waals surface area (Å²) >= 11 is 0. The summed E-state index contributed by atoms with van der Waals surface area (Å²) in [5.41, 5.74) is 1.21. The van der Waals surface area contributed by atoms with Gasteiger partial charge in [-0.25, -0.2) is 0 Å². The van der Waals surface area contributed by atoms with Gasteiger partial charge in [-0.05, 0) is 37.6 Å². The van der Waals surface area contributed by atoms with Crippen molar-refractivity contribution in [3.05, 3.63) is 53.3 Å². The van der Waals surface area contributed by atoms with Crippen molar-refractivity contribution in [1.82, 2.24) is 24.9 Å². The van der Waals surface area contributed by atoms with E-state index in [-0.39, 0.29) is 36.9 Å². The van der Waals surface area contributed by atoms with Crippen LogP contribution in [0, 0.1) is 0 Å². The van der Waals surface area contributed by atoms with Crippen LogP contribution in [-0.4, -0.2) is 70.5 Å². The van der Waals surface area contributed by atoms with Gasteiger partial charge in [-0.1, -0.05) is 12.1 Å². The van der Waals surface area contributed by atoms with E-state index in [1.54, 1.807) is 37.4 Å². The summed E-state index contributed by atoms with van der Waals surface area (Å²) in [6.07, 6.45) is 3.97. The number of nitrogens with zero attached hydrogens (tertiary/aromatic N) is 4. The zero-order valence-corrected chi connectivity index (χ0v) is 15.8. The second kappa shape index (κ2) is 7.55. The van der Waals surface area contributed by atoms with Gasteiger partial charge < -0.3 is 10.2 Å². The van der Waals surface area contributed by atoms with E-state index in [0.717, 1.165) is 25.9 Å². The fraction of sp³-hybridized carbons (Fsp3) is 0.400. The molecule has 3 heterocycles. The highest BCUT2D eigenvalue weighted by molar-refractivity contribution is 6.21. The molecule has 146 valence electrons. The molecule has 1 aromatic carbocycles. The topological polar surface area (TPSA) is 87.5 Å². The standard InChI is InChI=1S/C20H23N5O3/c1-23(11-12-24-18(26)15-6-2-3-7-16(15)19(24)27)20(28)17-8-10-25(22-17)14-5-4-9-21-13-14/h2-3,6-8,10,14,21H,4-5,9,11-13H2,1H3. The van der Waals surface area contributed by atoms with Gasteiger partial charge in [0.25, 0.3) is 17.7 Å². The second-order valence-corrected chi connectivity index (χ2v) is 7.22. The number of hydrogen-bond donors (Lipinski definition) is 1. The van der Waals surface area contributed by atoms with Crippen molar-refractivity contribution in [1.29, 1.82) is 0 Å². The lowest BCUT2D eigenvalue weighted by Gasteiger charge is -2.23. The number of amides is 3. The molecule has 8 heteroatoms. The van der Waals surface area contributed by atoms with Gasteiger partial charge >= 0.3 is 0 Å². The van der Waals surface area contributed by atoms with Crippen molar-refractivity contribution in [2.75, 3.05) is 33.2 Å². The van der Waals surface area contributed by atoms with E-state index in [9.17, 15) is 14.4 Å². The smallest absolute Gasteiger partial charge is 0.274 e. The van der Waals surface area contributed by atoms with Gasteiger partial charge in [0.1, 0.15) is 5.69 Å². The summed E-state index contributed by atoms with van der Waals surface area (Å²) in [4.78, 5) is 40.2. The van der Waals surface area contributed by atoms with Crippen LogP contribution in [0.3, 0.4) is 0 Å². The van der Waals surface area contributed by atoms with Gasteiger partial charge in [-0.3, -0.25) is 24.0 Å². The van der Waals surface area contributed by atoms with E-state index in [1.165, 1.54) is 9.80 Å². The van der Waals surface area contributed by atoms with Crippen molar-refractivity contribution in [2.24, 2.45) is 0 Å². The molecule has 4 rings (SSSR count). The molecule has 3 amide bonds. The van der Waals surface area contributed by atoms with Crippen molar-refractivity contribution < 1.29 is 14.4 Å². The van der Waals surface area contributed by atoms with Gasteiger partial charge in [0, 0.05) is 32.9 Å². The van der Waals surface area contributed by atoms with Crippen molar-refractivity contribution in [2.45, 2.75) is 18.9 Å². The van der Waals surface area contributed by atoms with E-state index < -0.39 is 0 Å². The monoisotopic (exact) mass is 381 g/mol. The average Bonchev–Trinajstić information content (AvgIpc) is 3.31. The van der Waals surface area contributed by atoms with Crippen LogP contribution in [0.25, 0.3) is 0 Å². The maximum Gasteiger partial charge on any atom is 0.274 e. The number of imide groups is 1. The summed E-state index contributed by atoms with van der Waals surface area (Å²) in [5.74, 6) is -0.842. The maximum atomic E-state index is 12.7. The Bertz CT molecular complexity index is 881. The quantitative estimate of drug-likeness (QED) is 0.786. The Balaban J connectivity index is 1.37. The third-order valence-corrected chi connectivity index (χ3v) is 5.36. The molecule has 1 atom stereocenters. The van der Waals surface area contributed by atoms with Crippen LogP contribution in [0.5, 0.6) is 0 Å². The normalized spacial score (nSPS) is 19.0. The number of piperidine rings is 1. The molecule has 0 saturated carbocycles. The molecule has 2 aliphatic heterocycles. The molecule has 1 saturated heterocycles. The number of carbonyl (C=O) groups is 3. The first-order valence-corrected chi connectivity index (χ1v) is 9.53. The van der Waals surface area contributed by atoms with E-state index in [2.05, 4.69) is 10.4 Å². The predicted molar refractivity (Wildman–Crippen MR) is 102 cm³/mol. The van der Waals surface area contributed by atoms with Gasteiger partial charge in [0.2, 0.25) is 0 Å². The zero-order valence-electron chi connectivity index (χ0n) is 15.8. The molecular weight excluding hydrogens is 358 g/mol. The third-order valence-electron chi connectivity index (χ3n) is 5.36. The highest BCUT2D eigenvalue weighted by Crippen LogP contribution is 2.22. The van der Waals surface area contributed by atoms with Crippen LogP contribution in [0.2, 0.25) is 0 Å². The summed E-state index contributed by atoms with van der Waals surface area (Å²) in [6, 6.07) is 8.76. The van der Waals surface area contributed by atoms with E-state index in [4.69, 9.17) is 0 Å². The minimum atomic E-state index is -0.310. The maximum absolute atomic E-state index is 12.7. The van der Waals surface area contributed by atoms with Gasteiger partial charge in [0.05, 0.1) is 17.2 Å². The van der Waals surface area contributed by atoms with Crippen LogP contribution in [-0.2, 0) is 0 Å². The largest absolute Gasteiger partial charge is 0.339 e. The Kier molecular flexibility index (Phi) is 4.95.